The van der Waals surface area contributed by atoms with Crippen LogP contribution in [0.1, 0.15) is 0 Å². The maximum absolute atomic E-state index is 6.85. The molecule has 5 nitrogen and oxygen atoms in total. The number of aromatic nitrogens is 3. The zero-order chi connectivity index (χ0) is 35.3. The molecular weight excluding hydrogens is 663 g/mol. The van der Waals surface area contributed by atoms with Crippen LogP contribution in [0.2, 0.25) is 0 Å². The first kappa shape index (κ1) is 29.2. The fourth-order valence-electron chi connectivity index (χ4n) is 8.60. The number of benzene rings is 8. The Hall–Kier alpha value is -7.37. The molecule has 0 radical (unpaired) electrons. The van der Waals surface area contributed by atoms with Gasteiger partial charge in [0.15, 0.2) is 5.58 Å². The molecule has 12 rings (SSSR count). The largest absolute Gasteiger partial charge is 0.456 e. The Morgan fingerprint density at radius 3 is 1.74 bits per heavy atom. The number of oxazole rings is 1. The number of nitrogens with zero attached hydrogens (tertiary/aromatic N) is 3. The normalized spacial score (nSPS) is 12.1. The van der Waals surface area contributed by atoms with Crippen molar-refractivity contribution in [3.05, 3.63) is 176 Å². The summed E-state index contributed by atoms with van der Waals surface area (Å²) in [6, 6.07) is 62.4. The first-order valence-corrected chi connectivity index (χ1v) is 18.2. The van der Waals surface area contributed by atoms with Gasteiger partial charge >= 0.3 is 6.01 Å². The molecule has 0 unspecified atom stereocenters. The molecule has 8 aromatic carbocycles. The van der Waals surface area contributed by atoms with Crippen molar-refractivity contribution in [2.75, 3.05) is 0 Å². The van der Waals surface area contributed by atoms with Crippen molar-refractivity contribution in [1.82, 2.24) is 14.1 Å². The van der Waals surface area contributed by atoms with Crippen LogP contribution in [0.15, 0.2) is 185 Å². The fraction of sp³-hybridized carbons (Fsp3) is 0. The van der Waals surface area contributed by atoms with Gasteiger partial charge in [0.2, 0.25) is 0 Å². The topological polar surface area (TPSA) is 49.0 Å². The number of hydrogen-bond donors (Lipinski definition) is 0. The summed E-state index contributed by atoms with van der Waals surface area (Å²) >= 11 is 0. The van der Waals surface area contributed by atoms with Crippen LogP contribution in [0, 0.1) is 0 Å². The fourth-order valence-corrected chi connectivity index (χ4v) is 8.60. The number of fused-ring (bicyclic) bond motifs is 12. The lowest BCUT2D eigenvalue weighted by atomic mass is 9.98. The van der Waals surface area contributed by atoms with Gasteiger partial charge in [-0.25, -0.2) is 0 Å². The lowest BCUT2D eigenvalue weighted by Crippen LogP contribution is -1.94. The summed E-state index contributed by atoms with van der Waals surface area (Å²) in [7, 11) is 0. The zero-order valence-corrected chi connectivity index (χ0v) is 28.9. The van der Waals surface area contributed by atoms with Gasteiger partial charge in [0, 0.05) is 32.6 Å². The first-order chi connectivity index (χ1) is 26.8. The van der Waals surface area contributed by atoms with E-state index < -0.39 is 0 Å². The van der Waals surface area contributed by atoms with E-state index >= 15 is 0 Å². The molecule has 0 spiro atoms. The van der Waals surface area contributed by atoms with E-state index in [2.05, 4.69) is 167 Å². The maximum Gasteiger partial charge on any atom is 0.307 e. The average molecular weight is 692 g/mol. The highest BCUT2D eigenvalue weighted by molar-refractivity contribution is 6.29. The molecule has 0 aliphatic rings. The van der Waals surface area contributed by atoms with Gasteiger partial charge in [-0.1, -0.05) is 109 Å². The van der Waals surface area contributed by atoms with Crippen LogP contribution in [0.5, 0.6) is 0 Å². The standard InChI is InChI=1S/C49H29N3O2/c1-3-12-30(13-4-1)31-14-11-15-32(28-31)33-22-23-37-44(29-33)53-43-27-24-38-48(47(37)43)54-49(50-38)52-40-21-10-8-19-36(40)46-42(52)26-25-41-45(46)35-18-7-9-20-39(35)51(41)34-16-5-2-6-17-34/h1-29H. The Balaban J connectivity index is 1.06. The van der Waals surface area contributed by atoms with Crippen molar-refractivity contribution in [2.24, 2.45) is 0 Å². The summed E-state index contributed by atoms with van der Waals surface area (Å²) in [5, 5.41) is 6.68. The molecule has 0 fully saturated rings. The minimum Gasteiger partial charge on any atom is -0.456 e. The van der Waals surface area contributed by atoms with E-state index in [-0.39, 0.29) is 0 Å². The molecule has 0 amide bonds. The SMILES string of the molecule is c1ccc(-c2cccc(-c3ccc4c(c3)oc3ccc5nc(-n6c7ccccc7c7c8c9ccccc9n(-c9ccccc9)c8ccc76)oc5c34)c2)cc1. The van der Waals surface area contributed by atoms with Crippen molar-refractivity contribution in [3.63, 3.8) is 0 Å². The summed E-state index contributed by atoms with van der Waals surface area (Å²) < 4.78 is 17.9. The van der Waals surface area contributed by atoms with Crippen LogP contribution in [0.25, 0.3) is 111 Å². The number of para-hydroxylation sites is 3. The molecule has 12 aromatic rings. The minimum atomic E-state index is 0.526. The Morgan fingerprint density at radius 2 is 0.981 bits per heavy atom. The Labute approximate surface area is 308 Å². The van der Waals surface area contributed by atoms with Crippen molar-refractivity contribution in [1.29, 1.82) is 0 Å². The summed E-state index contributed by atoms with van der Waals surface area (Å²) in [6.07, 6.45) is 0. The number of hydrogen-bond acceptors (Lipinski definition) is 3. The third-order valence-corrected chi connectivity index (χ3v) is 11.0. The van der Waals surface area contributed by atoms with E-state index in [1.165, 1.54) is 32.8 Å². The van der Waals surface area contributed by atoms with Gasteiger partial charge in [-0.05, 0) is 89.0 Å². The zero-order valence-electron chi connectivity index (χ0n) is 28.9. The van der Waals surface area contributed by atoms with Crippen molar-refractivity contribution in [2.45, 2.75) is 0 Å². The third kappa shape index (κ3) is 4.12. The van der Waals surface area contributed by atoms with E-state index in [0.717, 1.165) is 66.2 Å². The van der Waals surface area contributed by atoms with Crippen LogP contribution in [-0.4, -0.2) is 14.1 Å². The highest BCUT2D eigenvalue weighted by Crippen LogP contribution is 2.43. The van der Waals surface area contributed by atoms with Crippen molar-refractivity contribution >= 4 is 76.6 Å². The quantitative estimate of drug-likeness (QED) is 0.185. The highest BCUT2D eigenvalue weighted by Gasteiger charge is 2.23. The third-order valence-electron chi connectivity index (χ3n) is 11.0. The van der Waals surface area contributed by atoms with E-state index in [1.807, 2.05) is 18.2 Å². The highest BCUT2D eigenvalue weighted by atomic mass is 16.4. The van der Waals surface area contributed by atoms with Gasteiger partial charge in [0.05, 0.1) is 27.5 Å². The second-order valence-electron chi connectivity index (χ2n) is 13.9. The van der Waals surface area contributed by atoms with Crippen LogP contribution in [-0.2, 0) is 0 Å². The van der Waals surface area contributed by atoms with Crippen LogP contribution in [0.4, 0.5) is 0 Å². The molecule has 4 aromatic heterocycles. The molecule has 0 saturated carbocycles. The second kappa shape index (κ2) is 11.1. The smallest absolute Gasteiger partial charge is 0.307 e. The molecule has 0 saturated heterocycles. The summed E-state index contributed by atoms with van der Waals surface area (Å²) in [5.74, 6) is 0. The van der Waals surface area contributed by atoms with E-state index in [0.29, 0.717) is 11.6 Å². The average Bonchev–Trinajstić information content (AvgIpc) is 4.00. The van der Waals surface area contributed by atoms with Crippen LogP contribution >= 0.6 is 0 Å². The van der Waals surface area contributed by atoms with Crippen LogP contribution < -0.4 is 0 Å². The molecule has 5 heteroatoms. The molecule has 0 bridgehead atoms. The Kier molecular flexibility index (Phi) is 5.99. The summed E-state index contributed by atoms with van der Waals surface area (Å²) in [6.45, 7) is 0. The van der Waals surface area contributed by atoms with E-state index in [1.54, 1.807) is 0 Å². The Morgan fingerprint density at radius 1 is 0.370 bits per heavy atom. The summed E-state index contributed by atoms with van der Waals surface area (Å²) in [5.41, 5.74) is 13.2. The molecule has 0 N–H and O–H groups in total. The lowest BCUT2D eigenvalue weighted by molar-refractivity contribution is 0.577. The molecule has 252 valence electrons. The monoisotopic (exact) mass is 691 g/mol. The molecular formula is C49H29N3O2. The maximum atomic E-state index is 6.85. The number of rotatable bonds is 4. The lowest BCUT2D eigenvalue weighted by Gasteiger charge is -2.07. The van der Waals surface area contributed by atoms with E-state index in [4.69, 9.17) is 13.8 Å². The molecule has 0 aliphatic carbocycles. The Bertz CT molecular complexity index is 3440. The van der Waals surface area contributed by atoms with Gasteiger partial charge in [-0.2, -0.15) is 4.98 Å². The van der Waals surface area contributed by atoms with E-state index in [9.17, 15) is 0 Å². The van der Waals surface area contributed by atoms with Gasteiger partial charge in [0.1, 0.15) is 16.7 Å². The van der Waals surface area contributed by atoms with Crippen molar-refractivity contribution in [3.8, 4) is 34.0 Å². The van der Waals surface area contributed by atoms with Gasteiger partial charge in [-0.3, -0.25) is 4.57 Å². The predicted molar refractivity (Wildman–Crippen MR) is 221 cm³/mol. The van der Waals surface area contributed by atoms with Gasteiger partial charge in [-0.15, -0.1) is 0 Å². The first-order valence-electron chi connectivity index (χ1n) is 18.2. The number of furan rings is 1. The minimum absolute atomic E-state index is 0.526. The molecule has 54 heavy (non-hydrogen) atoms. The van der Waals surface area contributed by atoms with Crippen molar-refractivity contribution < 1.29 is 8.83 Å². The van der Waals surface area contributed by atoms with Gasteiger partial charge < -0.3 is 13.4 Å². The molecule has 4 heterocycles. The van der Waals surface area contributed by atoms with Gasteiger partial charge in [0.25, 0.3) is 0 Å². The summed E-state index contributed by atoms with van der Waals surface area (Å²) in [4.78, 5) is 5.14. The predicted octanol–water partition coefficient (Wildman–Crippen LogP) is 13.3. The molecule has 0 aliphatic heterocycles. The molecule has 0 atom stereocenters. The second-order valence-corrected chi connectivity index (χ2v) is 13.9. The van der Waals surface area contributed by atoms with Crippen LogP contribution in [0.3, 0.4) is 0 Å².